The fourth-order valence-corrected chi connectivity index (χ4v) is 2.20. The highest BCUT2D eigenvalue weighted by molar-refractivity contribution is 7.13. The van der Waals surface area contributed by atoms with Crippen LogP contribution in [0.1, 0.15) is 20.2 Å². The number of nitrogens with zero attached hydrogens (tertiary/aromatic N) is 1. The smallest absolute Gasteiger partial charge is 0.162 e. The molecule has 0 saturated heterocycles. The summed E-state index contributed by atoms with van der Waals surface area (Å²) in [4.78, 5) is 15.9. The first kappa shape index (κ1) is 10.1. The SMILES string of the molecule is Cc1ccc(-c2nc(C)sc2C=O)cc1. The van der Waals surface area contributed by atoms with Crippen molar-refractivity contribution in [2.75, 3.05) is 0 Å². The number of carbonyl (C=O) groups excluding carboxylic acids is 1. The normalized spacial score (nSPS) is 10.3. The van der Waals surface area contributed by atoms with Gasteiger partial charge in [0.05, 0.1) is 15.6 Å². The number of aldehydes is 1. The van der Waals surface area contributed by atoms with Crippen molar-refractivity contribution in [1.29, 1.82) is 0 Å². The lowest BCUT2D eigenvalue weighted by Gasteiger charge is -1.98. The second kappa shape index (κ2) is 3.95. The summed E-state index contributed by atoms with van der Waals surface area (Å²) >= 11 is 1.43. The third-order valence-corrected chi connectivity index (χ3v) is 3.09. The Balaban J connectivity index is 2.52. The maximum atomic E-state index is 10.9. The van der Waals surface area contributed by atoms with Crippen LogP contribution in [0.15, 0.2) is 24.3 Å². The van der Waals surface area contributed by atoms with Gasteiger partial charge >= 0.3 is 0 Å². The molecule has 2 aromatic rings. The summed E-state index contributed by atoms with van der Waals surface area (Å²) < 4.78 is 0. The summed E-state index contributed by atoms with van der Waals surface area (Å²) in [5.41, 5.74) is 3.01. The van der Waals surface area contributed by atoms with Gasteiger partial charge in [0.1, 0.15) is 0 Å². The van der Waals surface area contributed by atoms with Crippen LogP contribution in [-0.2, 0) is 0 Å². The van der Waals surface area contributed by atoms with E-state index in [1.807, 2.05) is 38.1 Å². The number of thiazole rings is 1. The van der Waals surface area contributed by atoms with E-state index in [2.05, 4.69) is 4.98 Å². The van der Waals surface area contributed by atoms with Crippen molar-refractivity contribution in [3.8, 4) is 11.3 Å². The first-order chi connectivity index (χ1) is 7.20. The fourth-order valence-electron chi connectivity index (χ4n) is 1.44. The number of benzene rings is 1. The lowest BCUT2D eigenvalue weighted by Crippen LogP contribution is -1.83. The van der Waals surface area contributed by atoms with Gasteiger partial charge in [0.25, 0.3) is 0 Å². The number of aromatic nitrogens is 1. The van der Waals surface area contributed by atoms with E-state index in [4.69, 9.17) is 0 Å². The van der Waals surface area contributed by atoms with Crippen LogP contribution >= 0.6 is 11.3 Å². The zero-order valence-electron chi connectivity index (χ0n) is 8.65. The molecule has 0 aliphatic rings. The average molecular weight is 217 g/mol. The van der Waals surface area contributed by atoms with Gasteiger partial charge in [-0.1, -0.05) is 29.8 Å². The summed E-state index contributed by atoms with van der Waals surface area (Å²) in [5, 5.41) is 0.924. The Morgan fingerprint density at radius 2 is 1.87 bits per heavy atom. The van der Waals surface area contributed by atoms with Crippen LogP contribution in [0.25, 0.3) is 11.3 Å². The largest absolute Gasteiger partial charge is 0.297 e. The van der Waals surface area contributed by atoms with Gasteiger partial charge in [-0.05, 0) is 13.8 Å². The average Bonchev–Trinajstić information content (AvgIpc) is 2.61. The van der Waals surface area contributed by atoms with E-state index >= 15 is 0 Å². The van der Waals surface area contributed by atoms with Crippen LogP contribution in [0.3, 0.4) is 0 Å². The van der Waals surface area contributed by atoms with Gasteiger partial charge in [-0.25, -0.2) is 4.98 Å². The summed E-state index contributed by atoms with van der Waals surface area (Å²) in [5.74, 6) is 0. The second-order valence-electron chi connectivity index (χ2n) is 3.43. The van der Waals surface area contributed by atoms with Crippen LogP contribution in [-0.4, -0.2) is 11.3 Å². The Morgan fingerprint density at radius 1 is 1.20 bits per heavy atom. The summed E-state index contributed by atoms with van der Waals surface area (Å²) in [7, 11) is 0. The quantitative estimate of drug-likeness (QED) is 0.723. The molecule has 0 aliphatic heterocycles. The molecule has 0 saturated carbocycles. The molecule has 0 unspecified atom stereocenters. The minimum Gasteiger partial charge on any atom is -0.297 e. The Labute approximate surface area is 92.6 Å². The molecule has 3 heteroatoms. The fraction of sp³-hybridized carbons (Fsp3) is 0.167. The highest BCUT2D eigenvalue weighted by atomic mass is 32.1. The molecule has 0 atom stereocenters. The second-order valence-corrected chi connectivity index (χ2v) is 4.66. The number of hydrogen-bond acceptors (Lipinski definition) is 3. The van der Waals surface area contributed by atoms with Crippen LogP contribution in [0.4, 0.5) is 0 Å². The van der Waals surface area contributed by atoms with Crippen molar-refractivity contribution in [2.45, 2.75) is 13.8 Å². The van der Waals surface area contributed by atoms with E-state index in [-0.39, 0.29) is 0 Å². The molecular weight excluding hydrogens is 206 g/mol. The monoisotopic (exact) mass is 217 g/mol. The van der Waals surface area contributed by atoms with Gasteiger partial charge in [0.15, 0.2) is 6.29 Å². The van der Waals surface area contributed by atoms with Gasteiger partial charge in [-0.2, -0.15) is 0 Å². The lowest BCUT2D eigenvalue weighted by molar-refractivity contribution is 0.112. The van der Waals surface area contributed by atoms with E-state index in [9.17, 15) is 4.79 Å². The van der Waals surface area contributed by atoms with Gasteiger partial charge in [0.2, 0.25) is 0 Å². The first-order valence-corrected chi connectivity index (χ1v) is 5.52. The Kier molecular flexibility index (Phi) is 2.64. The van der Waals surface area contributed by atoms with Crippen LogP contribution < -0.4 is 0 Å². The molecular formula is C12H11NOS. The van der Waals surface area contributed by atoms with Crippen LogP contribution in [0.5, 0.6) is 0 Å². The van der Waals surface area contributed by atoms with Gasteiger partial charge < -0.3 is 0 Å². The Hall–Kier alpha value is -1.48. The topological polar surface area (TPSA) is 30.0 Å². The molecule has 1 aromatic heterocycles. The van der Waals surface area contributed by atoms with Gasteiger partial charge in [-0.15, -0.1) is 11.3 Å². The standard InChI is InChI=1S/C12H11NOS/c1-8-3-5-10(6-4-8)12-11(7-14)15-9(2)13-12/h3-7H,1-2H3. The number of hydrogen-bond donors (Lipinski definition) is 0. The van der Waals surface area contributed by atoms with Gasteiger partial charge in [-0.3, -0.25) is 4.79 Å². The number of rotatable bonds is 2. The lowest BCUT2D eigenvalue weighted by atomic mass is 10.1. The van der Waals surface area contributed by atoms with Crippen molar-refractivity contribution in [2.24, 2.45) is 0 Å². The predicted octanol–water partition coefficient (Wildman–Crippen LogP) is 3.24. The van der Waals surface area contributed by atoms with E-state index in [0.717, 1.165) is 22.6 Å². The molecule has 0 aliphatic carbocycles. The minimum atomic E-state index is 0.705. The minimum absolute atomic E-state index is 0.705. The molecule has 0 fully saturated rings. The molecule has 0 bridgehead atoms. The molecule has 0 spiro atoms. The molecule has 2 nitrogen and oxygen atoms in total. The highest BCUT2D eigenvalue weighted by Gasteiger charge is 2.09. The molecule has 0 N–H and O–H groups in total. The van der Waals surface area contributed by atoms with Crippen molar-refractivity contribution >= 4 is 17.6 Å². The van der Waals surface area contributed by atoms with E-state index in [1.54, 1.807) is 0 Å². The van der Waals surface area contributed by atoms with Crippen molar-refractivity contribution in [1.82, 2.24) is 4.98 Å². The van der Waals surface area contributed by atoms with E-state index in [1.165, 1.54) is 16.9 Å². The summed E-state index contributed by atoms with van der Waals surface area (Å²) in [6.07, 6.45) is 0.875. The molecule has 1 aromatic carbocycles. The maximum absolute atomic E-state index is 10.9. The number of carbonyl (C=O) groups is 1. The predicted molar refractivity (Wildman–Crippen MR) is 62.4 cm³/mol. The molecule has 2 rings (SSSR count). The van der Waals surface area contributed by atoms with Crippen LogP contribution in [0, 0.1) is 13.8 Å². The molecule has 0 amide bonds. The first-order valence-electron chi connectivity index (χ1n) is 4.70. The molecule has 1 heterocycles. The van der Waals surface area contributed by atoms with Crippen molar-refractivity contribution in [3.05, 3.63) is 39.7 Å². The zero-order valence-corrected chi connectivity index (χ0v) is 9.47. The highest BCUT2D eigenvalue weighted by Crippen LogP contribution is 2.26. The Bertz CT molecular complexity index is 485. The number of aryl methyl sites for hydroxylation is 2. The Morgan fingerprint density at radius 3 is 2.47 bits per heavy atom. The third kappa shape index (κ3) is 1.97. The van der Waals surface area contributed by atoms with E-state index < -0.39 is 0 Å². The van der Waals surface area contributed by atoms with Gasteiger partial charge in [0, 0.05) is 5.56 Å². The van der Waals surface area contributed by atoms with Crippen LogP contribution in [0.2, 0.25) is 0 Å². The molecule has 0 radical (unpaired) electrons. The molecule has 76 valence electrons. The van der Waals surface area contributed by atoms with Crippen molar-refractivity contribution < 1.29 is 4.79 Å². The summed E-state index contributed by atoms with van der Waals surface area (Å²) in [6, 6.07) is 8.05. The molecule has 15 heavy (non-hydrogen) atoms. The van der Waals surface area contributed by atoms with E-state index in [0.29, 0.717) is 4.88 Å². The third-order valence-electron chi connectivity index (χ3n) is 2.19. The zero-order chi connectivity index (χ0) is 10.8. The summed E-state index contributed by atoms with van der Waals surface area (Å²) in [6.45, 7) is 3.95. The van der Waals surface area contributed by atoms with Crippen molar-refractivity contribution in [3.63, 3.8) is 0 Å². The maximum Gasteiger partial charge on any atom is 0.162 e.